The van der Waals surface area contributed by atoms with Gasteiger partial charge in [-0.25, -0.2) is 13.2 Å². The van der Waals surface area contributed by atoms with E-state index in [0.29, 0.717) is 16.1 Å². The lowest BCUT2D eigenvalue weighted by Gasteiger charge is -2.29. The van der Waals surface area contributed by atoms with Gasteiger partial charge in [0.2, 0.25) is 15.9 Å². The third kappa shape index (κ3) is 5.16. The molecule has 0 saturated carbocycles. The zero-order valence-electron chi connectivity index (χ0n) is 17.1. The number of esters is 1. The first-order chi connectivity index (χ1) is 15.2. The topological polar surface area (TPSA) is 107 Å². The Bertz CT molecular complexity index is 1210. The van der Waals surface area contributed by atoms with Crippen LogP contribution in [0.4, 0.5) is 0 Å². The number of nitrogens with zero attached hydrogens (tertiary/aromatic N) is 1. The van der Waals surface area contributed by atoms with Crippen LogP contribution in [0.25, 0.3) is 0 Å². The number of sulfonamides is 1. The smallest absolute Gasteiger partial charge is 0.337 e. The first kappa shape index (κ1) is 23.5. The lowest BCUT2D eigenvalue weighted by Crippen LogP contribution is -2.41. The summed E-state index contributed by atoms with van der Waals surface area (Å²) in [5.74, 6) is -1.40. The van der Waals surface area contributed by atoms with E-state index < -0.39 is 27.9 Å². The van der Waals surface area contributed by atoms with E-state index in [9.17, 15) is 18.0 Å². The number of methoxy groups -OCH3 is 1. The number of ether oxygens (including phenoxy) is 1. The average Bonchev–Trinajstić information content (AvgIpc) is 2.79. The van der Waals surface area contributed by atoms with Gasteiger partial charge in [-0.15, -0.1) is 0 Å². The van der Waals surface area contributed by atoms with Crippen LogP contribution in [0.5, 0.6) is 0 Å². The number of hydrogen-bond donors (Lipinski definition) is 1. The first-order valence-electron chi connectivity index (χ1n) is 9.53. The summed E-state index contributed by atoms with van der Waals surface area (Å²) in [6, 6.07) is 19.1. The molecule has 0 aliphatic carbocycles. The fourth-order valence-corrected chi connectivity index (χ4v) is 4.96. The Kier molecular flexibility index (Phi) is 7.29. The zero-order chi connectivity index (χ0) is 23.3. The molecule has 3 aromatic carbocycles. The molecular weight excluding hydrogens is 452 g/mol. The molecule has 0 unspecified atom stereocenters. The van der Waals surface area contributed by atoms with Gasteiger partial charge >= 0.3 is 5.97 Å². The Morgan fingerprint density at radius 1 is 1.00 bits per heavy atom. The fourth-order valence-electron chi connectivity index (χ4n) is 3.26. The van der Waals surface area contributed by atoms with Crippen molar-refractivity contribution in [2.45, 2.75) is 17.5 Å². The van der Waals surface area contributed by atoms with Crippen molar-refractivity contribution in [3.63, 3.8) is 0 Å². The number of halogens is 1. The molecular formula is C23H21ClN2O5S. The Hall–Kier alpha value is -3.20. The highest BCUT2D eigenvalue weighted by Gasteiger charge is 2.36. The van der Waals surface area contributed by atoms with Gasteiger partial charge in [-0.2, -0.15) is 4.31 Å². The second-order valence-corrected chi connectivity index (χ2v) is 9.24. The molecule has 0 aliphatic rings. The molecule has 0 aromatic heterocycles. The van der Waals surface area contributed by atoms with E-state index in [4.69, 9.17) is 22.1 Å². The number of rotatable bonds is 8. The largest absolute Gasteiger partial charge is 0.465 e. The predicted octanol–water partition coefficient (Wildman–Crippen LogP) is 3.54. The summed E-state index contributed by atoms with van der Waals surface area (Å²) in [4.78, 5) is 24.4. The van der Waals surface area contributed by atoms with Crippen molar-refractivity contribution in [2.24, 2.45) is 5.73 Å². The molecule has 0 radical (unpaired) electrons. The zero-order valence-corrected chi connectivity index (χ0v) is 18.7. The minimum Gasteiger partial charge on any atom is -0.465 e. The molecule has 1 atom stereocenters. The second-order valence-electron chi connectivity index (χ2n) is 6.91. The summed E-state index contributed by atoms with van der Waals surface area (Å²) in [7, 11) is -2.93. The number of nitrogens with two attached hydrogens (primary N) is 1. The normalized spacial score (nSPS) is 12.3. The molecule has 166 valence electrons. The summed E-state index contributed by atoms with van der Waals surface area (Å²) in [6.07, 6.45) is 0. The van der Waals surface area contributed by atoms with Gasteiger partial charge < -0.3 is 10.5 Å². The van der Waals surface area contributed by atoms with Crippen LogP contribution in [0.1, 0.15) is 27.5 Å². The van der Waals surface area contributed by atoms with Crippen molar-refractivity contribution in [3.8, 4) is 0 Å². The van der Waals surface area contributed by atoms with Crippen molar-refractivity contribution in [2.75, 3.05) is 7.11 Å². The SMILES string of the molecule is COC(=O)c1cccc(CN([C@@H](C(N)=O)c2ccccc2)S(=O)(=O)c2ccc(Cl)cc2)c1. The summed E-state index contributed by atoms with van der Waals surface area (Å²) < 4.78 is 33.0. The minimum absolute atomic E-state index is 0.0480. The van der Waals surface area contributed by atoms with E-state index in [0.717, 1.165) is 4.31 Å². The van der Waals surface area contributed by atoms with Crippen LogP contribution >= 0.6 is 11.6 Å². The number of amides is 1. The first-order valence-corrected chi connectivity index (χ1v) is 11.3. The van der Waals surface area contributed by atoms with E-state index >= 15 is 0 Å². The number of benzene rings is 3. The van der Waals surface area contributed by atoms with E-state index in [1.165, 1.54) is 37.4 Å². The van der Waals surface area contributed by atoms with Crippen LogP contribution in [0.15, 0.2) is 83.8 Å². The van der Waals surface area contributed by atoms with Gasteiger partial charge in [0.15, 0.2) is 0 Å². The Labute approximate surface area is 191 Å². The van der Waals surface area contributed by atoms with Crippen LogP contribution in [-0.4, -0.2) is 31.7 Å². The van der Waals surface area contributed by atoms with Gasteiger partial charge in [0.05, 0.1) is 17.6 Å². The Morgan fingerprint density at radius 2 is 1.66 bits per heavy atom. The standard InChI is InChI=1S/C23H21ClN2O5S/c1-31-23(28)18-9-5-6-16(14-18)15-26(21(22(25)27)17-7-3-2-4-8-17)32(29,30)20-12-10-19(24)11-13-20/h2-14,21H,15H2,1H3,(H2,25,27)/t21-/m1/s1. The molecule has 9 heteroatoms. The molecule has 3 rings (SSSR count). The molecule has 1 amide bonds. The van der Waals surface area contributed by atoms with Crippen molar-refractivity contribution < 1.29 is 22.7 Å². The third-order valence-corrected chi connectivity index (χ3v) is 6.86. The van der Waals surface area contributed by atoms with E-state index in [1.54, 1.807) is 48.5 Å². The highest BCUT2D eigenvalue weighted by molar-refractivity contribution is 7.89. The maximum Gasteiger partial charge on any atom is 0.337 e. The van der Waals surface area contributed by atoms with Crippen LogP contribution in [0.3, 0.4) is 0 Å². The van der Waals surface area contributed by atoms with Crippen LogP contribution in [0.2, 0.25) is 5.02 Å². The van der Waals surface area contributed by atoms with Gasteiger partial charge in [0.25, 0.3) is 0 Å². The van der Waals surface area contributed by atoms with Gasteiger partial charge in [0.1, 0.15) is 6.04 Å². The van der Waals surface area contributed by atoms with Crippen LogP contribution in [-0.2, 0) is 26.1 Å². The highest BCUT2D eigenvalue weighted by atomic mass is 35.5. The Morgan fingerprint density at radius 3 is 2.25 bits per heavy atom. The number of primary amides is 1. The van der Waals surface area contributed by atoms with Crippen LogP contribution < -0.4 is 5.73 Å². The van der Waals surface area contributed by atoms with Crippen molar-refractivity contribution >= 4 is 33.5 Å². The predicted molar refractivity (Wildman–Crippen MR) is 120 cm³/mol. The van der Waals surface area contributed by atoms with Gasteiger partial charge in [0, 0.05) is 11.6 Å². The summed E-state index contributed by atoms with van der Waals surface area (Å²) in [5, 5.41) is 0.371. The maximum atomic E-state index is 13.6. The van der Waals surface area contributed by atoms with Gasteiger partial charge in [-0.1, -0.05) is 54.1 Å². The minimum atomic E-state index is -4.19. The lowest BCUT2D eigenvalue weighted by atomic mass is 10.1. The van der Waals surface area contributed by atoms with Gasteiger partial charge in [-0.05, 0) is 47.5 Å². The van der Waals surface area contributed by atoms with Crippen LogP contribution in [0, 0.1) is 0 Å². The molecule has 32 heavy (non-hydrogen) atoms. The maximum absolute atomic E-state index is 13.6. The summed E-state index contributed by atoms with van der Waals surface area (Å²) >= 11 is 5.91. The van der Waals surface area contributed by atoms with Crippen molar-refractivity contribution in [1.82, 2.24) is 4.31 Å². The summed E-state index contributed by atoms with van der Waals surface area (Å²) in [5.41, 5.74) is 6.83. The molecule has 3 aromatic rings. The Balaban J connectivity index is 2.14. The molecule has 2 N–H and O–H groups in total. The highest BCUT2D eigenvalue weighted by Crippen LogP contribution is 2.30. The number of hydrogen-bond acceptors (Lipinski definition) is 5. The molecule has 0 bridgehead atoms. The molecule has 0 spiro atoms. The van der Waals surface area contributed by atoms with Crippen molar-refractivity contribution in [1.29, 1.82) is 0 Å². The fraction of sp³-hybridized carbons (Fsp3) is 0.130. The number of carbonyl (C=O) groups excluding carboxylic acids is 2. The summed E-state index contributed by atoms with van der Waals surface area (Å²) in [6.45, 7) is -0.210. The van der Waals surface area contributed by atoms with E-state index in [-0.39, 0.29) is 17.0 Å². The molecule has 0 saturated heterocycles. The molecule has 7 nitrogen and oxygen atoms in total. The van der Waals surface area contributed by atoms with Gasteiger partial charge in [-0.3, -0.25) is 4.79 Å². The molecule has 0 heterocycles. The second kappa shape index (κ2) is 9.95. The van der Waals surface area contributed by atoms with E-state index in [1.807, 2.05) is 0 Å². The molecule has 0 fully saturated rings. The third-order valence-electron chi connectivity index (χ3n) is 4.78. The average molecular weight is 473 g/mol. The van der Waals surface area contributed by atoms with E-state index in [2.05, 4.69) is 0 Å². The quantitative estimate of drug-likeness (QED) is 0.504. The number of carbonyl (C=O) groups is 2. The monoisotopic (exact) mass is 472 g/mol. The van der Waals surface area contributed by atoms with Crippen molar-refractivity contribution in [3.05, 3.63) is 101 Å². The molecule has 0 aliphatic heterocycles. The lowest BCUT2D eigenvalue weighted by molar-refractivity contribution is -0.122.